The third kappa shape index (κ3) is 3.04. The van der Waals surface area contributed by atoms with E-state index in [2.05, 4.69) is 48.5 Å². The molecule has 4 aliphatic rings. The zero-order valence-corrected chi connectivity index (χ0v) is 17.3. The highest BCUT2D eigenvalue weighted by molar-refractivity contribution is 5.79. The molecule has 2 heterocycles. The summed E-state index contributed by atoms with van der Waals surface area (Å²) in [5.74, 6) is 0.797. The van der Waals surface area contributed by atoms with Gasteiger partial charge in [0.1, 0.15) is 6.61 Å². The van der Waals surface area contributed by atoms with Gasteiger partial charge in [0.2, 0.25) is 0 Å². The molecule has 4 heteroatoms. The van der Waals surface area contributed by atoms with Crippen molar-refractivity contribution in [3.63, 3.8) is 0 Å². The van der Waals surface area contributed by atoms with Crippen LogP contribution in [0.3, 0.4) is 0 Å². The molecule has 2 aliphatic carbocycles. The smallest absolute Gasteiger partial charge is 0.410 e. The van der Waals surface area contributed by atoms with Crippen molar-refractivity contribution in [2.75, 3.05) is 6.61 Å². The second-order valence-corrected chi connectivity index (χ2v) is 9.88. The van der Waals surface area contributed by atoms with Crippen molar-refractivity contribution < 1.29 is 14.6 Å². The molecule has 2 aromatic rings. The number of piperidine rings is 1. The molecule has 3 fully saturated rings. The Kier molecular flexibility index (Phi) is 4.21. The van der Waals surface area contributed by atoms with Gasteiger partial charge in [-0.3, -0.25) is 0 Å². The van der Waals surface area contributed by atoms with Gasteiger partial charge in [0.05, 0.1) is 5.60 Å². The molecule has 2 atom stereocenters. The highest BCUT2D eigenvalue weighted by Crippen LogP contribution is 2.48. The van der Waals surface area contributed by atoms with Crippen molar-refractivity contribution in [3.05, 3.63) is 59.7 Å². The van der Waals surface area contributed by atoms with Crippen molar-refractivity contribution in [1.82, 2.24) is 4.90 Å². The van der Waals surface area contributed by atoms with Crippen molar-refractivity contribution >= 4 is 6.09 Å². The van der Waals surface area contributed by atoms with Crippen LogP contribution in [0.1, 0.15) is 62.0 Å². The van der Waals surface area contributed by atoms with E-state index >= 15 is 0 Å². The van der Waals surface area contributed by atoms with E-state index in [0.717, 1.165) is 19.3 Å². The molecule has 156 valence electrons. The lowest BCUT2D eigenvalue weighted by molar-refractivity contribution is -0.0567. The maximum absolute atomic E-state index is 13.1. The quantitative estimate of drug-likeness (QED) is 0.773. The summed E-state index contributed by atoms with van der Waals surface area (Å²) < 4.78 is 5.93. The topological polar surface area (TPSA) is 49.8 Å². The Hall–Kier alpha value is -2.33. The van der Waals surface area contributed by atoms with E-state index in [0.29, 0.717) is 25.4 Å². The van der Waals surface area contributed by atoms with Gasteiger partial charge in [-0.2, -0.15) is 0 Å². The average Bonchev–Trinajstić information content (AvgIpc) is 3.42. The summed E-state index contributed by atoms with van der Waals surface area (Å²) in [6.07, 6.45) is 6.63. The van der Waals surface area contributed by atoms with Gasteiger partial charge in [-0.25, -0.2) is 4.79 Å². The molecule has 2 aliphatic heterocycles. The van der Waals surface area contributed by atoms with E-state index in [9.17, 15) is 9.90 Å². The van der Waals surface area contributed by atoms with Crippen LogP contribution in [0.25, 0.3) is 11.1 Å². The van der Waals surface area contributed by atoms with Crippen molar-refractivity contribution in [3.8, 4) is 11.1 Å². The van der Waals surface area contributed by atoms with E-state index in [1.165, 1.54) is 35.1 Å². The minimum absolute atomic E-state index is 0.0931. The Bertz CT molecular complexity index is 922. The van der Waals surface area contributed by atoms with Crippen LogP contribution in [-0.4, -0.2) is 40.4 Å². The van der Waals surface area contributed by atoms with Crippen LogP contribution in [0, 0.1) is 5.92 Å². The Labute approximate surface area is 177 Å². The molecule has 0 spiro atoms. The highest BCUT2D eigenvalue weighted by Gasteiger charge is 2.51. The highest BCUT2D eigenvalue weighted by atomic mass is 16.6. The predicted molar refractivity (Wildman–Crippen MR) is 115 cm³/mol. The Morgan fingerprint density at radius 2 is 1.50 bits per heavy atom. The molecule has 1 saturated carbocycles. The van der Waals surface area contributed by atoms with E-state index in [1.807, 2.05) is 4.90 Å². The predicted octanol–water partition coefficient (Wildman–Crippen LogP) is 5.09. The fourth-order valence-electron chi connectivity index (χ4n) is 6.32. The summed E-state index contributed by atoms with van der Waals surface area (Å²) in [6, 6.07) is 17.1. The number of carbonyl (C=O) groups excluding carboxylic acids is 1. The van der Waals surface area contributed by atoms with Crippen molar-refractivity contribution in [2.24, 2.45) is 5.92 Å². The molecule has 6 rings (SSSR count). The largest absolute Gasteiger partial charge is 0.448 e. The molecule has 1 amide bonds. The molecule has 0 aromatic heterocycles. The van der Waals surface area contributed by atoms with Gasteiger partial charge < -0.3 is 14.7 Å². The molecule has 2 saturated heterocycles. The lowest BCUT2D eigenvalue weighted by Crippen LogP contribution is -2.53. The number of ether oxygens (including phenoxy) is 1. The second kappa shape index (κ2) is 6.84. The molecule has 30 heavy (non-hydrogen) atoms. The Balaban J connectivity index is 1.17. The summed E-state index contributed by atoms with van der Waals surface area (Å²) in [7, 11) is 0. The molecule has 4 nitrogen and oxygen atoms in total. The molecule has 1 N–H and O–H groups in total. The number of carbonyl (C=O) groups is 1. The fourth-order valence-corrected chi connectivity index (χ4v) is 6.32. The van der Waals surface area contributed by atoms with Crippen LogP contribution in [0.2, 0.25) is 0 Å². The van der Waals surface area contributed by atoms with Gasteiger partial charge >= 0.3 is 6.09 Å². The lowest BCUT2D eigenvalue weighted by atomic mass is 9.82. The van der Waals surface area contributed by atoms with Crippen LogP contribution in [0.15, 0.2) is 48.5 Å². The zero-order chi connectivity index (χ0) is 20.3. The van der Waals surface area contributed by atoms with Gasteiger partial charge in [0.25, 0.3) is 0 Å². The maximum Gasteiger partial charge on any atom is 0.410 e. The van der Waals surface area contributed by atoms with Gasteiger partial charge in [-0.1, -0.05) is 61.4 Å². The molecule has 2 aromatic carbocycles. The maximum atomic E-state index is 13.1. The minimum Gasteiger partial charge on any atom is -0.448 e. The standard InChI is InChI=1S/C26H29NO3/c28-25(27-18-11-12-19(27)15-26(29,14-18)13-17-9-10-17)30-16-24-22-7-3-1-5-20(22)21-6-2-4-8-23(21)24/h1-8,17-19,24,29H,9-16H2. The first-order chi connectivity index (χ1) is 14.6. The van der Waals surface area contributed by atoms with E-state index < -0.39 is 5.60 Å². The average molecular weight is 404 g/mol. The number of amides is 1. The molecular formula is C26H29NO3. The van der Waals surface area contributed by atoms with Gasteiger partial charge in [0.15, 0.2) is 0 Å². The van der Waals surface area contributed by atoms with Crippen molar-refractivity contribution in [2.45, 2.75) is 68.5 Å². The Morgan fingerprint density at radius 3 is 2.07 bits per heavy atom. The fraction of sp³-hybridized carbons (Fsp3) is 0.500. The van der Waals surface area contributed by atoms with E-state index in [4.69, 9.17) is 4.74 Å². The SMILES string of the molecule is O=C(OCC1c2ccccc2-c2ccccc21)N1C2CCC1CC(O)(CC1CC1)C2. The second-order valence-electron chi connectivity index (χ2n) is 9.88. The summed E-state index contributed by atoms with van der Waals surface area (Å²) in [4.78, 5) is 15.1. The first-order valence-electron chi connectivity index (χ1n) is 11.5. The zero-order valence-electron chi connectivity index (χ0n) is 17.3. The van der Waals surface area contributed by atoms with Crippen LogP contribution in [0.5, 0.6) is 0 Å². The molecule has 2 unspecified atom stereocenters. The number of hydrogen-bond acceptors (Lipinski definition) is 3. The van der Waals surface area contributed by atoms with E-state index in [-0.39, 0.29) is 24.1 Å². The van der Waals surface area contributed by atoms with Gasteiger partial charge in [0, 0.05) is 18.0 Å². The van der Waals surface area contributed by atoms with Crippen LogP contribution < -0.4 is 0 Å². The first-order valence-corrected chi connectivity index (χ1v) is 11.5. The van der Waals surface area contributed by atoms with E-state index in [1.54, 1.807) is 0 Å². The minimum atomic E-state index is -0.576. The number of nitrogens with zero attached hydrogens (tertiary/aromatic N) is 1. The van der Waals surface area contributed by atoms with Gasteiger partial charge in [-0.05, 0) is 60.3 Å². The summed E-state index contributed by atoms with van der Waals surface area (Å²) in [5.41, 5.74) is 4.40. The number of rotatable bonds is 4. The Morgan fingerprint density at radius 1 is 0.933 bits per heavy atom. The first kappa shape index (κ1) is 18.4. The summed E-state index contributed by atoms with van der Waals surface area (Å²) in [5, 5.41) is 11.1. The summed E-state index contributed by atoms with van der Waals surface area (Å²) in [6.45, 7) is 0.370. The van der Waals surface area contributed by atoms with Crippen molar-refractivity contribution in [1.29, 1.82) is 0 Å². The van der Waals surface area contributed by atoms with Crippen LogP contribution in [-0.2, 0) is 4.74 Å². The number of aliphatic hydroxyl groups is 1. The third-order valence-corrected chi connectivity index (χ3v) is 7.76. The number of fused-ring (bicyclic) bond motifs is 5. The number of benzene rings is 2. The lowest BCUT2D eigenvalue weighted by Gasteiger charge is -2.43. The third-order valence-electron chi connectivity index (χ3n) is 7.76. The normalized spacial score (nSPS) is 29.6. The summed E-state index contributed by atoms with van der Waals surface area (Å²) >= 11 is 0. The monoisotopic (exact) mass is 403 g/mol. The molecule has 2 bridgehead atoms. The van der Waals surface area contributed by atoms with Crippen LogP contribution >= 0.6 is 0 Å². The van der Waals surface area contributed by atoms with Crippen LogP contribution in [0.4, 0.5) is 4.79 Å². The van der Waals surface area contributed by atoms with Gasteiger partial charge in [-0.15, -0.1) is 0 Å². The molecular weight excluding hydrogens is 374 g/mol. The number of hydrogen-bond donors (Lipinski definition) is 1. The molecule has 0 radical (unpaired) electrons.